The fourth-order valence-electron chi connectivity index (χ4n) is 1.39. The SMILES string of the molecule is O=C(O)c1ccc(Br)cc1NC(=O)C1CC1. The maximum absolute atomic E-state index is 11.5. The van der Waals surface area contributed by atoms with E-state index in [9.17, 15) is 9.59 Å². The Kier molecular flexibility index (Phi) is 2.96. The second-order valence-corrected chi connectivity index (χ2v) is 4.67. The Balaban J connectivity index is 2.26. The summed E-state index contributed by atoms with van der Waals surface area (Å²) in [6.07, 6.45) is 1.78. The van der Waals surface area contributed by atoms with E-state index in [0.717, 1.165) is 17.3 Å². The number of benzene rings is 1. The molecule has 1 amide bonds. The minimum Gasteiger partial charge on any atom is -0.478 e. The third-order valence-corrected chi connectivity index (χ3v) is 2.91. The van der Waals surface area contributed by atoms with E-state index in [2.05, 4.69) is 21.2 Å². The van der Waals surface area contributed by atoms with Gasteiger partial charge in [-0.1, -0.05) is 15.9 Å². The number of carbonyl (C=O) groups excluding carboxylic acids is 1. The summed E-state index contributed by atoms with van der Waals surface area (Å²) >= 11 is 3.24. The Hall–Kier alpha value is -1.36. The highest BCUT2D eigenvalue weighted by molar-refractivity contribution is 9.10. The largest absolute Gasteiger partial charge is 0.478 e. The van der Waals surface area contributed by atoms with E-state index in [-0.39, 0.29) is 17.4 Å². The van der Waals surface area contributed by atoms with Gasteiger partial charge < -0.3 is 10.4 Å². The average Bonchev–Trinajstić information content (AvgIpc) is 2.99. The topological polar surface area (TPSA) is 66.4 Å². The van der Waals surface area contributed by atoms with Gasteiger partial charge in [-0.2, -0.15) is 0 Å². The van der Waals surface area contributed by atoms with Crippen molar-refractivity contribution in [3.05, 3.63) is 28.2 Å². The molecule has 4 nitrogen and oxygen atoms in total. The van der Waals surface area contributed by atoms with Crippen LogP contribution in [0.15, 0.2) is 22.7 Å². The van der Waals surface area contributed by atoms with Crippen molar-refractivity contribution in [3.63, 3.8) is 0 Å². The quantitative estimate of drug-likeness (QED) is 0.896. The fraction of sp³-hybridized carbons (Fsp3) is 0.273. The van der Waals surface area contributed by atoms with Crippen LogP contribution in [-0.4, -0.2) is 17.0 Å². The standard InChI is InChI=1S/C11H10BrNO3/c12-7-3-4-8(11(15)16)9(5-7)13-10(14)6-1-2-6/h3-6H,1-2H2,(H,13,14)(H,15,16). The molecule has 0 heterocycles. The van der Waals surface area contributed by atoms with Crippen LogP contribution in [0.4, 0.5) is 5.69 Å². The normalized spacial score (nSPS) is 14.6. The van der Waals surface area contributed by atoms with Gasteiger partial charge in [0.2, 0.25) is 5.91 Å². The molecule has 0 atom stereocenters. The molecular weight excluding hydrogens is 274 g/mol. The molecule has 1 fully saturated rings. The van der Waals surface area contributed by atoms with Gasteiger partial charge in [0, 0.05) is 10.4 Å². The highest BCUT2D eigenvalue weighted by atomic mass is 79.9. The monoisotopic (exact) mass is 283 g/mol. The number of aromatic carboxylic acids is 1. The van der Waals surface area contributed by atoms with Crippen molar-refractivity contribution in [3.8, 4) is 0 Å². The Morgan fingerprint density at radius 3 is 2.62 bits per heavy atom. The summed E-state index contributed by atoms with van der Waals surface area (Å²) in [4.78, 5) is 22.5. The average molecular weight is 284 g/mol. The lowest BCUT2D eigenvalue weighted by Gasteiger charge is -2.08. The Labute approximate surface area is 101 Å². The molecule has 1 saturated carbocycles. The van der Waals surface area contributed by atoms with E-state index < -0.39 is 5.97 Å². The lowest BCUT2D eigenvalue weighted by atomic mass is 10.1. The predicted octanol–water partition coefficient (Wildman–Crippen LogP) is 2.50. The van der Waals surface area contributed by atoms with Crippen LogP contribution in [0.2, 0.25) is 0 Å². The highest BCUT2D eigenvalue weighted by Gasteiger charge is 2.30. The van der Waals surface area contributed by atoms with Gasteiger partial charge in [0.15, 0.2) is 0 Å². The zero-order valence-electron chi connectivity index (χ0n) is 8.37. The van der Waals surface area contributed by atoms with Crippen molar-refractivity contribution in [1.82, 2.24) is 0 Å². The first kappa shape index (κ1) is 11.1. The number of hydrogen-bond acceptors (Lipinski definition) is 2. The van der Waals surface area contributed by atoms with E-state index in [1.54, 1.807) is 12.1 Å². The Bertz CT molecular complexity index is 455. The van der Waals surface area contributed by atoms with Crippen molar-refractivity contribution in [2.45, 2.75) is 12.8 Å². The molecule has 0 unspecified atom stereocenters. The molecule has 0 bridgehead atoms. The molecular formula is C11H10BrNO3. The third-order valence-electron chi connectivity index (χ3n) is 2.42. The van der Waals surface area contributed by atoms with E-state index in [1.165, 1.54) is 6.07 Å². The van der Waals surface area contributed by atoms with E-state index in [4.69, 9.17) is 5.11 Å². The van der Waals surface area contributed by atoms with Gasteiger partial charge >= 0.3 is 5.97 Å². The van der Waals surface area contributed by atoms with Crippen molar-refractivity contribution >= 4 is 33.5 Å². The van der Waals surface area contributed by atoms with Crippen LogP contribution in [0, 0.1) is 5.92 Å². The molecule has 5 heteroatoms. The van der Waals surface area contributed by atoms with Gasteiger partial charge in [0.25, 0.3) is 0 Å². The summed E-state index contributed by atoms with van der Waals surface area (Å²) in [5.41, 5.74) is 0.455. The molecule has 1 aliphatic carbocycles. The smallest absolute Gasteiger partial charge is 0.337 e. The number of carboxylic acids is 1. The van der Waals surface area contributed by atoms with Crippen LogP contribution < -0.4 is 5.32 Å². The van der Waals surface area contributed by atoms with Gasteiger partial charge in [0.05, 0.1) is 11.3 Å². The highest BCUT2D eigenvalue weighted by Crippen LogP contribution is 2.31. The van der Waals surface area contributed by atoms with E-state index in [1.807, 2.05) is 0 Å². The predicted molar refractivity (Wildman–Crippen MR) is 62.5 cm³/mol. The first-order valence-corrected chi connectivity index (χ1v) is 5.71. The van der Waals surface area contributed by atoms with Gasteiger partial charge in [-0.25, -0.2) is 4.79 Å². The number of hydrogen-bond donors (Lipinski definition) is 2. The summed E-state index contributed by atoms with van der Waals surface area (Å²) in [5.74, 6) is -1.08. The van der Waals surface area contributed by atoms with E-state index in [0.29, 0.717) is 5.69 Å². The third kappa shape index (κ3) is 2.41. The molecule has 2 rings (SSSR count). The van der Waals surface area contributed by atoms with Gasteiger partial charge in [-0.3, -0.25) is 4.79 Å². The lowest BCUT2D eigenvalue weighted by Crippen LogP contribution is -2.16. The summed E-state index contributed by atoms with van der Waals surface area (Å²) in [6, 6.07) is 4.70. The lowest BCUT2D eigenvalue weighted by molar-refractivity contribution is -0.117. The first-order valence-electron chi connectivity index (χ1n) is 4.91. The number of amides is 1. The number of carboxylic acid groups (broad SMARTS) is 1. The van der Waals surface area contributed by atoms with Gasteiger partial charge in [-0.15, -0.1) is 0 Å². The zero-order chi connectivity index (χ0) is 11.7. The molecule has 2 N–H and O–H groups in total. The molecule has 0 aliphatic heterocycles. The minimum absolute atomic E-state index is 0.0561. The molecule has 1 aromatic carbocycles. The van der Waals surface area contributed by atoms with Crippen LogP contribution in [0.3, 0.4) is 0 Å². The van der Waals surface area contributed by atoms with Crippen LogP contribution in [-0.2, 0) is 4.79 Å². The molecule has 0 spiro atoms. The molecule has 1 aliphatic rings. The van der Waals surface area contributed by atoms with E-state index >= 15 is 0 Å². The summed E-state index contributed by atoms with van der Waals surface area (Å²) in [6.45, 7) is 0. The van der Waals surface area contributed by atoms with Gasteiger partial charge in [-0.05, 0) is 31.0 Å². The number of nitrogens with one attached hydrogen (secondary N) is 1. The second kappa shape index (κ2) is 4.25. The maximum atomic E-state index is 11.5. The molecule has 0 aromatic heterocycles. The molecule has 0 saturated heterocycles. The van der Waals surface area contributed by atoms with Crippen molar-refractivity contribution in [2.24, 2.45) is 5.92 Å². The molecule has 0 radical (unpaired) electrons. The van der Waals surface area contributed by atoms with Crippen molar-refractivity contribution < 1.29 is 14.7 Å². The molecule has 84 valence electrons. The number of anilines is 1. The zero-order valence-corrected chi connectivity index (χ0v) is 9.95. The second-order valence-electron chi connectivity index (χ2n) is 3.76. The molecule has 16 heavy (non-hydrogen) atoms. The maximum Gasteiger partial charge on any atom is 0.337 e. The Morgan fingerprint density at radius 1 is 1.38 bits per heavy atom. The van der Waals surface area contributed by atoms with Crippen LogP contribution >= 0.6 is 15.9 Å². The number of halogens is 1. The minimum atomic E-state index is -1.04. The van der Waals surface area contributed by atoms with Crippen LogP contribution in [0.1, 0.15) is 23.2 Å². The number of carbonyl (C=O) groups is 2. The fourth-order valence-corrected chi connectivity index (χ4v) is 1.75. The number of rotatable bonds is 3. The van der Waals surface area contributed by atoms with Gasteiger partial charge in [0.1, 0.15) is 0 Å². The Morgan fingerprint density at radius 2 is 2.06 bits per heavy atom. The van der Waals surface area contributed by atoms with Crippen LogP contribution in [0.25, 0.3) is 0 Å². The molecule has 1 aromatic rings. The summed E-state index contributed by atoms with van der Waals surface area (Å²) in [5, 5.41) is 11.6. The van der Waals surface area contributed by atoms with Crippen molar-refractivity contribution in [1.29, 1.82) is 0 Å². The van der Waals surface area contributed by atoms with Crippen LogP contribution in [0.5, 0.6) is 0 Å². The van der Waals surface area contributed by atoms with Crippen molar-refractivity contribution in [2.75, 3.05) is 5.32 Å². The summed E-state index contributed by atoms with van der Waals surface area (Å²) in [7, 11) is 0. The first-order chi connectivity index (χ1) is 7.58. The summed E-state index contributed by atoms with van der Waals surface area (Å²) < 4.78 is 0.739.